The van der Waals surface area contributed by atoms with E-state index < -0.39 is 28.3 Å². The van der Waals surface area contributed by atoms with Gasteiger partial charge in [-0.15, -0.1) is 0 Å². The molecule has 0 spiro atoms. The van der Waals surface area contributed by atoms with Gasteiger partial charge in [-0.05, 0) is 122 Å². The molecule has 1 aromatic heterocycles. The van der Waals surface area contributed by atoms with Crippen molar-refractivity contribution in [2.75, 3.05) is 97.8 Å². The summed E-state index contributed by atoms with van der Waals surface area (Å²) in [6, 6.07) is 41.8. The molecule has 0 bridgehead atoms. The summed E-state index contributed by atoms with van der Waals surface area (Å²) in [7, 11) is -0.481. The molecule has 15 nitrogen and oxygen atoms in total. The highest BCUT2D eigenvalue weighted by molar-refractivity contribution is 7.89. The van der Waals surface area contributed by atoms with Crippen LogP contribution in [-0.4, -0.2) is 133 Å². The number of carboxylic acids is 1. The first-order valence-electron chi connectivity index (χ1n) is 28.4. The van der Waals surface area contributed by atoms with E-state index in [1.165, 1.54) is 12.1 Å². The lowest BCUT2D eigenvalue weighted by atomic mass is 9.90. The number of pyridine rings is 1. The number of ether oxygens (including phenoxy) is 2. The van der Waals surface area contributed by atoms with Crippen molar-refractivity contribution in [3.8, 4) is 22.5 Å². The number of nitrogens with zero attached hydrogens (tertiary/aromatic N) is 6. The third-order valence-electron chi connectivity index (χ3n) is 15.2. The third kappa shape index (κ3) is 13.8. The van der Waals surface area contributed by atoms with Crippen LogP contribution in [0.1, 0.15) is 79.7 Å². The number of unbranched alkanes of at least 4 members (excludes halogenated alkanes) is 1. The first-order chi connectivity index (χ1) is 39.2. The van der Waals surface area contributed by atoms with Gasteiger partial charge in [0.1, 0.15) is 31.0 Å². The van der Waals surface area contributed by atoms with Crippen LogP contribution in [0.2, 0.25) is 0 Å². The fourth-order valence-electron chi connectivity index (χ4n) is 10.7. The first-order valence-corrected chi connectivity index (χ1v) is 29.8. The lowest BCUT2D eigenvalue weighted by molar-refractivity contribution is -0.645. The van der Waals surface area contributed by atoms with Gasteiger partial charge in [0.15, 0.2) is 0 Å². The maximum atomic E-state index is 14.7. The van der Waals surface area contributed by atoms with Crippen LogP contribution in [0, 0.1) is 6.92 Å². The van der Waals surface area contributed by atoms with Crippen molar-refractivity contribution in [1.82, 2.24) is 18.7 Å². The number of benzene rings is 6. The quantitative estimate of drug-likeness (QED) is 0.0263. The molecule has 81 heavy (non-hydrogen) atoms. The Morgan fingerprint density at radius 1 is 0.642 bits per heavy atom. The zero-order chi connectivity index (χ0) is 57.6. The molecule has 2 heterocycles. The van der Waals surface area contributed by atoms with Crippen molar-refractivity contribution >= 4 is 66.3 Å². The molecule has 16 heteroatoms. The van der Waals surface area contributed by atoms with Gasteiger partial charge in [0.25, 0.3) is 21.8 Å². The number of para-hydroxylation sites is 2. The average molecular weight is 1120 g/mol. The molecule has 1 aliphatic heterocycles. The summed E-state index contributed by atoms with van der Waals surface area (Å²) in [4.78, 5) is 46.7. The summed E-state index contributed by atoms with van der Waals surface area (Å²) in [6.45, 7) is 17.9. The van der Waals surface area contributed by atoms with Gasteiger partial charge in [-0.2, -0.15) is 4.57 Å². The predicted molar refractivity (Wildman–Crippen MR) is 319 cm³/mol. The minimum Gasteiger partial charge on any atom is -0.550 e. The molecule has 6 aromatic rings. The third-order valence-corrected chi connectivity index (χ3v) is 17.0. The Bertz CT molecular complexity index is 3590. The number of fused-ring (bicyclic) bond motifs is 4. The lowest BCUT2D eigenvalue weighted by Gasteiger charge is -2.24. The van der Waals surface area contributed by atoms with Crippen molar-refractivity contribution in [3.63, 3.8) is 0 Å². The Labute approximate surface area is 476 Å². The number of hydrogen-bond acceptors (Lipinski definition) is 11. The second-order valence-corrected chi connectivity index (χ2v) is 22.3. The molecule has 2 amide bonds. The van der Waals surface area contributed by atoms with E-state index >= 15 is 0 Å². The second-order valence-electron chi connectivity index (χ2n) is 20.4. The number of sulfonamides is 1. The van der Waals surface area contributed by atoms with Crippen molar-refractivity contribution in [3.05, 3.63) is 156 Å². The molecule has 0 N–H and O–H groups in total. The van der Waals surface area contributed by atoms with E-state index in [0.717, 1.165) is 117 Å². The van der Waals surface area contributed by atoms with Crippen molar-refractivity contribution in [2.45, 2.75) is 71.7 Å². The van der Waals surface area contributed by atoms with Gasteiger partial charge in [0.05, 0.1) is 53.7 Å². The summed E-state index contributed by atoms with van der Waals surface area (Å²) < 4.78 is 52.3. The number of amides is 2. The summed E-state index contributed by atoms with van der Waals surface area (Å²) in [5.41, 5.74) is 7.88. The molecule has 1 aliphatic carbocycles. The standard InChI is InChI=1S/C65H77N6O9S/c1-8-68(9-2)48-30-34-55-59(45-48)80-60-46-49(69(10-3)11-4)31-35-56(60)62(55)51-21-12-13-22-52(51)64(74)67(7)40-42-79-44-43-78-41-39-66(6)36-18-19-37-70-57-25-16-14-23-53(57)63(54-24-15-17-26-58(54)70)65(75)71(38-20-27-61(72)73)81(76,77)50-32-28-47(5)29-33-50/h12-17,21-26,28-35,45-46H,8-11,18-20,27,36-44H2,1-7H3/q+1. The monoisotopic (exact) mass is 1120 g/mol. The molecular formula is C65H77N6O9S+. The molecule has 0 radical (unpaired) electrons. The molecule has 0 fully saturated rings. The number of anilines is 1. The smallest absolute Gasteiger partial charge is 0.269 e. The highest BCUT2D eigenvalue weighted by atomic mass is 32.2. The molecule has 5 aromatic carbocycles. The Kier molecular flexibility index (Phi) is 20.4. The number of likely N-dealkylation sites (N-methyl/N-ethyl adjacent to an activating group) is 2. The van der Waals surface area contributed by atoms with Gasteiger partial charge < -0.3 is 38.5 Å². The molecule has 0 saturated carbocycles. The normalized spacial score (nSPS) is 11.8. The zero-order valence-corrected chi connectivity index (χ0v) is 48.8. The van der Waals surface area contributed by atoms with E-state index in [1.807, 2.05) is 86.8 Å². The van der Waals surface area contributed by atoms with Crippen molar-refractivity contribution in [1.29, 1.82) is 0 Å². The number of aryl methyl sites for hydroxylation is 2. The number of aromatic nitrogens is 1. The number of carbonyl (C=O) groups excluding carboxylic acids is 3. The minimum atomic E-state index is -4.36. The van der Waals surface area contributed by atoms with Crippen molar-refractivity contribution in [2.24, 2.45) is 0 Å². The molecule has 426 valence electrons. The fraction of sp³-hybridized carbons (Fsp3) is 0.369. The number of rotatable bonds is 28. The van der Waals surface area contributed by atoms with E-state index in [9.17, 15) is 27.9 Å². The zero-order valence-electron chi connectivity index (χ0n) is 48.0. The van der Waals surface area contributed by atoms with Gasteiger partial charge in [-0.1, -0.05) is 60.2 Å². The van der Waals surface area contributed by atoms with Crippen LogP contribution in [0.3, 0.4) is 0 Å². The summed E-state index contributed by atoms with van der Waals surface area (Å²) >= 11 is 0. The number of hydrogen-bond donors (Lipinski definition) is 0. The Morgan fingerprint density at radius 2 is 1.28 bits per heavy atom. The van der Waals surface area contributed by atoms with Gasteiger partial charge >= 0.3 is 0 Å². The summed E-state index contributed by atoms with van der Waals surface area (Å²) in [5, 5.41) is 14.6. The molecular weight excluding hydrogens is 1040 g/mol. The maximum Gasteiger partial charge on any atom is 0.269 e. The Hall–Kier alpha value is -7.50. The largest absolute Gasteiger partial charge is 0.550 e. The van der Waals surface area contributed by atoms with E-state index in [-0.39, 0.29) is 29.3 Å². The van der Waals surface area contributed by atoms with E-state index in [1.54, 1.807) is 17.0 Å². The van der Waals surface area contributed by atoms with Crippen LogP contribution in [0.15, 0.2) is 143 Å². The van der Waals surface area contributed by atoms with Crippen LogP contribution in [0.25, 0.3) is 55.2 Å². The molecule has 0 saturated heterocycles. The highest BCUT2D eigenvalue weighted by Crippen LogP contribution is 2.42. The minimum absolute atomic E-state index is 0.0529. The topological polar surface area (TPSA) is 160 Å². The van der Waals surface area contributed by atoms with E-state index in [2.05, 4.69) is 90.1 Å². The molecule has 0 unspecified atom stereocenters. The predicted octanol–water partition coefficient (Wildman–Crippen LogP) is 8.64. The van der Waals surface area contributed by atoms with E-state index in [4.69, 9.17) is 13.9 Å². The van der Waals surface area contributed by atoms with Gasteiger partial charge in [-0.25, -0.2) is 17.3 Å². The van der Waals surface area contributed by atoms with Crippen LogP contribution in [0.4, 0.5) is 5.69 Å². The molecule has 2 aliphatic rings. The number of carboxylic acid groups (broad SMARTS) is 1. The number of carbonyl (C=O) groups is 3. The first kappa shape index (κ1) is 59.6. The highest BCUT2D eigenvalue weighted by Gasteiger charge is 2.34. The molecule has 8 rings (SSSR count). The average Bonchev–Trinajstić information content (AvgIpc) is 3.63. The second kappa shape index (κ2) is 27.8. The Balaban J connectivity index is 0.841. The van der Waals surface area contributed by atoms with Crippen LogP contribution in [-0.2, 0) is 30.8 Å². The van der Waals surface area contributed by atoms with E-state index in [0.29, 0.717) is 55.9 Å². The van der Waals surface area contributed by atoms with Crippen LogP contribution < -0.4 is 24.5 Å². The van der Waals surface area contributed by atoms with Gasteiger partial charge in [-0.3, -0.25) is 9.59 Å². The summed E-state index contributed by atoms with van der Waals surface area (Å²) in [6.07, 6.45) is 1.22. The summed E-state index contributed by atoms with van der Waals surface area (Å²) in [5.74, 6) is -1.37. The van der Waals surface area contributed by atoms with Crippen LogP contribution in [0.5, 0.6) is 0 Å². The lowest BCUT2D eigenvalue weighted by Crippen LogP contribution is -2.40. The van der Waals surface area contributed by atoms with Gasteiger partial charge in [0, 0.05) is 104 Å². The Morgan fingerprint density at radius 3 is 1.94 bits per heavy atom. The molecule has 0 atom stereocenters. The van der Waals surface area contributed by atoms with Crippen LogP contribution >= 0.6 is 0 Å². The number of aliphatic carboxylic acids is 1. The SMILES string of the molecule is CCN(CC)c1ccc2c(-c3ccccc3C(=O)N(C)CCOCCOCCN(C)CCCC[n+]3c4ccccc4c(C(=O)N(CCCC(=O)[O-])S(=O)(=O)c4ccc(C)cc4)c4ccccc43)c3ccc(=[N+](CC)CC)cc-3oc2c1. The van der Waals surface area contributed by atoms with Crippen molar-refractivity contribution < 1.29 is 46.4 Å². The fourth-order valence-corrected chi connectivity index (χ4v) is 12.1. The maximum absolute atomic E-state index is 14.7. The van der Waals surface area contributed by atoms with Gasteiger partial charge in [0.2, 0.25) is 16.4 Å².